The normalized spacial score (nSPS) is 10.9. The lowest BCUT2D eigenvalue weighted by Crippen LogP contribution is -2.35. The molecular formula is C22H20N4O4S. The summed E-state index contributed by atoms with van der Waals surface area (Å²) < 4.78 is 11.4. The highest BCUT2D eigenvalue weighted by Crippen LogP contribution is 2.28. The van der Waals surface area contributed by atoms with Gasteiger partial charge in [-0.05, 0) is 24.3 Å². The molecule has 0 saturated heterocycles. The van der Waals surface area contributed by atoms with Gasteiger partial charge in [-0.25, -0.2) is 5.43 Å². The molecule has 2 aromatic carbocycles. The number of nitriles is 1. The number of nitrogens with one attached hydrogen (secondary N) is 2. The maximum Gasteiger partial charge on any atom is 0.259 e. The van der Waals surface area contributed by atoms with Gasteiger partial charge in [0.1, 0.15) is 0 Å². The number of hydrazone groups is 1. The molecule has 0 aliphatic heterocycles. The number of amides is 2. The van der Waals surface area contributed by atoms with Gasteiger partial charge in [-0.3, -0.25) is 9.59 Å². The Labute approximate surface area is 183 Å². The second-order valence-electron chi connectivity index (χ2n) is 6.33. The molecule has 1 heterocycles. The Morgan fingerprint density at radius 3 is 2.65 bits per heavy atom. The zero-order chi connectivity index (χ0) is 22.2. The van der Waals surface area contributed by atoms with Crippen LogP contribution in [0.4, 0.5) is 0 Å². The van der Waals surface area contributed by atoms with Gasteiger partial charge >= 0.3 is 0 Å². The summed E-state index contributed by atoms with van der Waals surface area (Å²) in [7, 11) is 2.97. The minimum absolute atomic E-state index is 0.0407. The number of methoxy groups -OCH3 is 2. The van der Waals surface area contributed by atoms with Gasteiger partial charge in [-0.15, -0.1) is 11.3 Å². The molecule has 158 valence electrons. The summed E-state index contributed by atoms with van der Waals surface area (Å²) in [5.74, 6) is -0.0459. The molecule has 3 rings (SSSR count). The fraction of sp³-hybridized carbons (Fsp3) is 0.182. The molecule has 3 aromatic rings. The highest BCUT2D eigenvalue weighted by atomic mass is 32.1. The molecule has 0 aliphatic rings. The van der Waals surface area contributed by atoms with E-state index in [9.17, 15) is 9.59 Å². The smallest absolute Gasteiger partial charge is 0.259 e. The number of carbonyl (C=O) groups is 2. The maximum atomic E-state index is 12.3. The van der Waals surface area contributed by atoms with Gasteiger partial charge in [0.2, 0.25) is 0 Å². The summed E-state index contributed by atoms with van der Waals surface area (Å²) in [6, 6.07) is 14.5. The van der Waals surface area contributed by atoms with Gasteiger partial charge in [0.05, 0.1) is 39.0 Å². The van der Waals surface area contributed by atoms with Crippen LogP contribution in [0.3, 0.4) is 0 Å². The minimum atomic E-state index is -0.510. The van der Waals surface area contributed by atoms with Gasteiger partial charge < -0.3 is 14.8 Å². The van der Waals surface area contributed by atoms with Crippen LogP contribution >= 0.6 is 11.3 Å². The van der Waals surface area contributed by atoms with E-state index < -0.39 is 11.8 Å². The van der Waals surface area contributed by atoms with Crippen LogP contribution in [0.15, 0.2) is 52.9 Å². The Morgan fingerprint density at radius 1 is 1.13 bits per heavy atom. The van der Waals surface area contributed by atoms with Crippen molar-refractivity contribution in [1.29, 1.82) is 5.26 Å². The second-order valence-corrected chi connectivity index (χ2v) is 7.24. The van der Waals surface area contributed by atoms with E-state index in [0.717, 1.165) is 15.6 Å². The molecule has 31 heavy (non-hydrogen) atoms. The van der Waals surface area contributed by atoms with Gasteiger partial charge in [-0.2, -0.15) is 10.4 Å². The molecule has 2 amide bonds. The molecular weight excluding hydrogens is 416 g/mol. The summed E-state index contributed by atoms with van der Waals surface area (Å²) in [5, 5.41) is 18.7. The standard InChI is InChI=1S/C22H20N4O4S/c1-29-18-8-7-14(11-19(18)30-2)22(28)24-12-21(27)26-25-17(9-10-23)16-13-31-20-6-4-3-5-15(16)20/h3-8,11,13H,9,12H2,1-2H3,(H,24,28)(H,26,27)/b25-17+. The van der Waals surface area contributed by atoms with E-state index in [4.69, 9.17) is 14.7 Å². The first-order valence-electron chi connectivity index (χ1n) is 9.26. The average Bonchev–Trinajstić information content (AvgIpc) is 3.23. The lowest BCUT2D eigenvalue weighted by molar-refractivity contribution is -0.120. The zero-order valence-electron chi connectivity index (χ0n) is 17.0. The minimum Gasteiger partial charge on any atom is -0.493 e. The first kappa shape index (κ1) is 21.8. The van der Waals surface area contributed by atoms with E-state index in [1.54, 1.807) is 23.5 Å². The molecule has 0 fully saturated rings. The van der Waals surface area contributed by atoms with Crippen molar-refractivity contribution in [1.82, 2.24) is 10.7 Å². The number of ether oxygens (including phenoxy) is 2. The number of thiophene rings is 1. The predicted octanol–water partition coefficient (Wildman–Crippen LogP) is 3.08. The molecule has 0 bridgehead atoms. The van der Waals surface area contributed by atoms with Gasteiger partial charge in [0.15, 0.2) is 11.5 Å². The highest BCUT2D eigenvalue weighted by Gasteiger charge is 2.13. The van der Waals surface area contributed by atoms with Crippen molar-refractivity contribution in [2.24, 2.45) is 5.10 Å². The summed E-state index contributed by atoms with van der Waals surface area (Å²) in [6.45, 7) is -0.277. The number of rotatable bonds is 8. The fourth-order valence-corrected chi connectivity index (χ4v) is 3.85. The van der Waals surface area contributed by atoms with Crippen LogP contribution < -0.4 is 20.2 Å². The Bertz CT molecular complexity index is 1180. The van der Waals surface area contributed by atoms with Crippen LogP contribution in [-0.4, -0.2) is 38.3 Å². The summed E-state index contributed by atoms with van der Waals surface area (Å²) >= 11 is 1.54. The molecule has 8 nitrogen and oxygen atoms in total. The molecule has 0 atom stereocenters. The summed E-state index contributed by atoms with van der Waals surface area (Å²) in [4.78, 5) is 24.5. The van der Waals surface area contributed by atoms with Gasteiger partial charge in [-0.1, -0.05) is 18.2 Å². The van der Waals surface area contributed by atoms with Crippen molar-refractivity contribution in [3.05, 3.63) is 59.0 Å². The molecule has 0 spiro atoms. The zero-order valence-corrected chi connectivity index (χ0v) is 17.8. The molecule has 0 saturated carbocycles. The van der Waals surface area contributed by atoms with Crippen LogP contribution in [0, 0.1) is 11.3 Å². The first-order chi connectivity index (χ1) is 15.1. The summed E-state index contributed by atoms with van der Waals surface area (Å²) in [5.41, 5.74) is 3.99. The van der Waals surface area contributed by atoms with Crippen molar-refractivity contribution in [2.45, 2.75) is 6.42 Å². The van der Waals surface area contributed by atoms with E-state index in [1.165, 1.54) is 20.3 Å². The number of carbonyl (C=O) groups excluding carboxylic acids is 2. The SMILES string of the molecule is COc1ccc(C(=O)NCC(=O)N/N=C(\CC#N)c2csc3ccccc23)cc1OC. The molecule has 1 aromatic heterocycles. The van der Waals surface area contributed by atoms with Gasteiger partial charge in [0, 0.05) is 26.6 Å². The molecule has 2 N–H and O–H groups in total. The first-order valence-corrected chi connectivity index (χ1v) is 10.1. The van der Waals surface area contributed by atoms with Crippen molar-refractivity contribution in [3.63, 3.8) is 0 Å². The van der Waals surface area contributed by atoms with Crippen molar-refractivity contribution >= 4 is 38.9 Å². The fourth-order valence-electron chi connectivity index (χ4n) is 2.88. The number of fused-ring (bicyclic) bond motifs is 1. The van der Waals surface area contributed by atoms with E-state index >= 15 is 0 Å². The third kappa shape index (κ3) is 5.18. The molecule has 0 radical (unpaired) electrons. The third-order valence-electron chi connectivity index (χ3n) is 4.41. The van der Waals surface area contributed by atoms with Gasteiger partial charge in [0.25, 0.3) is 11.8 Å². The Kier molecular flexibility index (Phi) is 7.19. The quantitative estimate of drug-likeness (QED) is 0.416. The molecule has 0 unspecified atom stereocenters. The third-order valence-corrected chi connectivity index (χ3v) is 5.37. The van der Waals surface area contributed by atoms with E-state index in [2.05, 4.69) is 21.9 Å². The predicted molar refractivity (Wildman–Crippen MR) is 119 cm³/mol. The topological polar surface area (TPSA) is 113 Å². The summed E-state index contributed by atoms with van der Waals surface area (Å²) in [6.07, 6.45) is 0.0407. The monoisotopic (exact) mass is 436 g/mol. The van der Waals surface area contributed by atoms with Crippen LogP contribution in [0.25, 0.3) is 10.1 Å². The van der Waals surface area contributed by atoms with Crippen molar-refractivity contribution in [2.75, 3.05) is 20.8 Å². The Hall–Kier alpha value is -3.90. The van der Waals surface area contributed by atoms with Crippen molar-refractivity contribution < 1.29 is 19.1 Å². The number of hydrogen-bond donors (Lipinski definition) is 2. The lowest BCUT2D eigenvalue weighted by atomic mass is 10.1. The van der Waals surface area contributed by atoms with E-state index in [0.29, 0.717) is 22.8 Å². The van der Waals surface area contributed by atoms with Crippen LogP contribution in [0.2, 0.25) is 0 Å². The molecule has 9 heteroatoms. The number of hydrogen-bond acceptors (Lipinski definition) is 7. The highest BCUT2D eigenvalue weighted by molar-refractivity contribution is 7.17. The van der Waals surface area contributed by atoms with E-state index in [-0.39, 0.29) is 13.0 Å². The van der Waals surface area contributed by atoms with E-state index in [1.807, 2.05) is 29.6 Å². The van der Waals surface area contributed by atoms with Crippen molar-refractivity contribution in [3.8, 4) is 17.6 Å². The second kappa shape index (κ2) is 10.2. The average molecular weight is 436 g/mol. The lowest BCUT2D eigenvalue weighted by Gasteiger charge is -2.10. The Morgan fingerprint density at radius 2 is 1.90 bits per heavy atom. The Balaban J connectivity index is 1.65. The largest absolute Gasteiger partial charge is 0.493 e. The van der Waals surface area contributed by atoms with Crippen LogP contribution in [-0.2, 0) is 4.79 Å². The van der Waals surface area contributed by atoms with Crippen LogP contribution in [0.1, 0.15) is 22.3 Å². The number of nitrogens with zero attached hydrogens (tertiary/aromatic N) is 2. The van der Waals surface area contributed by atoms with Crippen LogP contribution in [0.5, 0.6) is 11.5 Å². The number of benzene rings is 2. The molecule has 0 aliphatic carbocycles. The maximum absolute atomic E-state index is 12.3.